The van der Waals surface area contributed by atoms with Crippen molar-refractivity contribution >= 4 is 0 Å². The minimum atomic E-state index is 0.734. The Morgan fingerprint density at radius 2 is 2.05 bits per heavy atom. The molecular weight excluding hydrogens is 252 g/mol. The van der Waals surface area contributed by atoms with Gasteiger partial charge in [0.15, 0.2) is 0 Å². The van der Waals surface area contributed by atoms with E-state index >= 15 is 0 Å². The predicted octanol–water partition coefficient (Wildman–Crippen LogP) is 3.07. The minimum absolute atomic E-state index is 0.734. The molecule has 0 aromatic carbocycles. The van der Waals surface area contributed by atoms with Gasteiger partial charge in [-0.1, -0.05) is 0 Å². The van der Waals surface area contributed by atoms with Crippen LogP contribution in [0.15, 0.2) is 33.3 Å². The molecule has 2 heterocycles. The number of aryl methyl sites for hydroxylation is 1. The van der Waals surface area contributed by atoms with Crippen molar-refractivity contribution in [1.29, 1.82) is 0 Å². The van der Waals surface area contributed by atoms with Crippen LogP contribution < -0.4 is 5.32 Å². The molecule has 0 amide bonds. The van der Waals surface area contributed by atoms with E-state index in [1.54, 1.807) is 0 Å². The number of hydrogen-bond acceptors (Lipinski definition) is 4. The molecule has 0 saturated heterocycles. The van der Waals surface area contributed by atoms with E-state index in [4.69, 9.17) is 8.83 Å². The van der Waals surface area contributed by atoms with Gasteiger partial charge in [-0.2, -0.15) is 0 Å². The van der Waals surface area contributed by atoms with Crippen LogP contribution in [-0.2, 0) is 19.6 Å². The van der Waals surface area contributed by atoms with Gasteiger partial charge in [-0.05, 0) is 45.0 Å². The van der Waals surface area contributed by atoms with Gasteiger partial charge >= 0.3 is 0 Å². The molecule has 20 heavy (non-hydrogen) atoms. The highest BCUT2D eigenvalue weighted by atomic mass is 16.3. The molecule has 1 N–H and O–H groups in total. The topological polar surface area (TPSA) is 41.5 Å². The zero-order chi connectivity index (χ0) is 13.9. The maximum Gasteiger partial charge on any atom is 0.118 e. The van der Waals surface area contributed by atoms with Crippen molar-refractivity contribution in [2.24, 2.45) is 0 Å². The fraction of sp³-hybridized carbons (Fsp3) is 0.500. The number of nitrogens with one attached hydrogen (secondary N) is 1. The fourth-order valence-electron chi connectivity index (χ4n) is 2.31. The summed E-state index contributed by atoms with van der Waals surface area (Å²) in [4.78, 5) is 2.19. The van der Waals surface area contributed by atoms with Gasteiger partial charge in [-0.15, -0.1) is 0 Å². The molecular formula is C16H22N2O2. The van der Waals surface area contributed by atoms with Crippen LogP contribution in [0.5, 0.6) is 0 Å². The highest BCUT2D eigenvalue weighted by molar-refractivity contribution is 5.13. The summed E-state index contributed by atoms with van der Waals surface area (Å²) in [7, 11) is 2.07. The normalized spacial score (nSPS) is 15.2. The van der Waals surface area contributed by atoms with Crippen molar-refractivity contribution in [2.75, 3.05) is 7.05 Å². The summed E-state index contributed by atoms with van der Waals surface area (Å²) in [5.41, 5.74) is 1.23. The van der Waals surface area contributed by atoms with Crippen LogP contribution in [0.4, 0.5) is 0 Å². The van der Waals surface area contributed by atoms with Crippen molar-refractivity contribution in [3.63, 3.8) is 0 Å². The molecule has 0 bridgehead atoms. The first-order valence-electron chi connectivity index (χ1n) is 7.22. The first-order chi connectivity index (χ1) is 9.69. The molecule has 0 unspecified atom stereocenters. The van der Waals surface area contributed by atoms with E-state index in [9.17, 15) is 0 Å². The maximum atomic E-state index is 5.62. The number of furan rings is 2. The summed E-state index contributed by atoms with van der Waals surface area (Å²) in [5.74, 6) is 2.95. The lowest BCUT2D eigenvalue weighted by Crippen LogP contribution is -2.16. The Morgan fingerprint density at radius 1 is 1.25 bits per heavy atom. The highest BCUT2D eigenvalue weighted by Gasteiger charge is 2.20. The predicted molar refractivity (Wildman–Crippen MR) is 77.2 cm³/mol. The fourth-order valence-corrected chi connectivity index (χ4v) is 2.31. The summed E-state index contributed by atoms with van der Waals surface area (Å²) in [6, 6.07) is 6.90. The molecule has 1 fully saturated rings. The van der Waals surface area contributed by atoms with Crippen LogP contribution in [-0.4, -0.2) is 18.0 Å². The largest absolute Gasteiger partial charge is 0.468 e. The monoisotopic (exact) mass is 274 g/mol. The third kappa shape index (κ3) is 3.74. The summed E-state index contributed by atoms with van der Waals surface area (Å²) < 4.78 is 11.2. The Morgan fingerprint density at radius 3 is 2.75 bits per heavy atom. The van der Waals surface area contributed by atoms with E-state index in [0.29, 0.717) is 0 Å². The maximum absolute atomic E-state index is 5.62. The zero-order valence-corrected chi connectivity index (χ0v) is 12.2. The van der Waals surface area contributed by atoms with Crippen LogP contribution in [0, 0.1) is 6.92 Å². The molecule has 3 rings (SSSR count). The quantitative estimate of drug-likeness (QED) is 0.842. The number of rotatable bonds is 7. The molecule has 1 aliphatic carbocycles. The molecule has 0 aliphatic heterocycles. The van der Waals surface area contributed by atoms with E-state index in [-0.39, 0.29) is 0 Å². The molecule has 0 radical (unpaired) electrons. The van der Waals surface area contributed by atoms with Gasteiger partial charge in [0, 0.05) is 18.2 Å². The van der Waals surface area contributed by atoms with Crippen molar-refractivity contribution in [2.45, 2.75) is 45.4 Å². The summed E-state index contributed by atoms with van der Waals surface area (Å²) >= 11 is 0. The van der Waals surface area contributed by atoms with Crippen LogP contribution >= 0.6 is 0 Å². The molecule has 2 aromatic rings. The first kappa shape index (κ1) is 13.5. The molecule has 0 spiro atoms. The van der Waals surface area contributed by atoms with Crippen LogP contribution in [0.1, 0.15) is 35.7 Å². The van der Waals surface area contributed by atoms with Crippen molar-refractivity contribution in [1.82, 2.24) is 10.2 Å². The molecule has 1 aliphatic rings. The average molecular weight is 274 g/mol. The Balaban J connectivity index is 1.48. The highest BCUT2D eigenvalue weighted by Crippen LogP contribution is 2.20. The number of hydrogen-bond donors (Lipinski definition) is 1. The van der Waals surface area contributed by atoms with E-state index in [0.717, 1.165) is 43.0 Å². The third-order valence-corrected chi connectivity index (χ3v) is 3.53. The summed E-state index contributed by atoms with van der Waals surface area (Å²) in [5, 5.41) is 3.49. The Kier molecular flexibility index (Phi) is 3.94. The van der Waals surface area contributed by atoms with Gasteiger partial charge < -0.3 is 14.2 Å². The second-order valence-electron chi connectivity index (χ2n) is 5.76. The Labute approximate surface area is 119 Å². The lowest BCUT2D eigenvalue weighted by atomic mass is 10.3. The molecule has 0 atom stereocenters. The summed E-state index contributed by atoms with van der Waals surface area (Å²) in [6.07, 6.45) is 4.49. The van der Waals surface area contributed by atoms with E-state index in [1.807, 2.05) is 25.3 Å². The van der Waals surface area contributed by atoms with Crippen LogP contribution in [0.25, 0.3) is 0 Å². The van der Waals surface area contributed by atoms with Crippen molar-refractivity contribution < 1.29 is 8.83 Å². The SMILES string of the molecule is Cc1ccc(CN(C)Cc2cc(CNC3CC3)co2)o1. The Bertz CT molecular complexity index is 554. The van der Waals surface area contributed by atoms with Gasteiger partial charge in [0.25, 0.3) is 0 Å². The average Bonchev–Trinajstić information content (AvgIpc) is 3.00. The van der Waals surface area contributed by atoms with E-state index in [1.165, 1.54) is 18.4 Å². The van der Waals surface area contributed by atoms with Gasteiger partial charge in [-0.25, -0.2) is 0 Å². The third-order valence-electron chi connectivity index (χ3n) is 3.53. The van der Waals surface area contributed by atoms with Crippen LogP contribution in [0.2, 0.25) is 0 Å². The molecule has 1 saturated carbocycles. The number of nitrogens with zero attached hydrogens (tertiary/aromatic N) is 1. The Hall–Kier alpha value is -1.52. The van der Waals surface area contributed by atoms with E-state index in [2.05, 4.69) is 23.3 Å². The van der Waals surface area contributed by atoms with Crippen molar-refractivity contribution in [3.05, 3.63) is 47.3 Å². The van der Waals surface area contributed by atoms with Gasteiger partial charge in [0.1, 0.15) is 17.3 Å². The van der Waals surface area contributed by atoms with Gasteiger partial charge in [-0.3, -0.25) is 4.90 Å². The molecule has 2 aromatic heterocycles. The standard InChI is InChI=1S/C16H22N2O2/c1-12-3-6-15(20-12)9-18(2)10-16-7-13(11-19-16)8-17-14-4-5-14/h3,6-7,11,14,17H,4-5,8-10H2,1-2H3. The lowest BCUT2D eigenvalue weighted by molar-refractivity contribution is 0.263. The first-order valence-corrected chi connectivity index (χ1v) is 7.22. The minimum Gasteiger partial charge on any atom is -0.468 e. The molecule has 4 nitrogen and oxygen atoms in total. The molecule has 108 valence electrons. The van der Waals surface area contributed by atoms with E-state index < -0.39 is 0 Å². The smallest absolute Gasteiger partial charge is 0.118 e. The second kappa shape index (κ2) is 5.85. The van der Waals surface area contributed by atoms with Gasteiger partial charge in [0.2, 0.25) is 0 Å². The van der Waals surface area contributed by atoms with Crippen LogP contribution in [0.3, 0.4) is 0 Å². The second-order valence-corrected chi connectivity index (χ2v) is 5.76. The zero-order valence-electron chi connectivity index (χ0n) is 12.2. The summed E-state index contributed by atoms with van der Waals surface area (Å²) in [6.45, 7) is 4.47. The van der Waals surface area contributed by atoms with Crippen molar-refractivity contribution in [3.8, 4) is 0 Å². The van der Waals surface area contributed by atoms with Gasteiger partial charge in [0.05, 0.1) is 19.4 Å². The molecule has 4 heteroatoms. The lowest BCUT2D eigenvalue weighted by Gasteiger charge is -2.12.